The van der Waals surface area contributed by atoms with Gasteiger partial charge in [0.05, 0.1) is 13.2 Å². The molecule has 1 aliphatic heterocycles. The van der Waals surface area contributed by atoms with Crippen LogP contribution in [-0.2, 0) is 6.54 Å². The van der Waals surface area contributed by atoms with Crippen molar-refractivity contribution in [3.63, 3.8) is 0 Å². The maximum atomic E-state index is 8.83. The molecule has 0 atom stereocenters. The maximum absolute atomic E-state index is 8.83. The fourth-order valence-electron chi connectivity index (χ4n) is 1.83. The second kappa shape index (κ2) is 5.55. The minimum atomic E-state index is 0.270. The molecule has 1 saturated heterocycles. The third kappa shape index (κ3) is 3.24. The molecule has 0 spiro atoms. The topological polar surface area (TPSA) is 39.6 Å². The highest BCUT2D eigenvalue weighted by Crippen LogP contribution is 2.10. The van der Waals surface area contributed by atoms with Crippen LogP contribution < -0.4 is 0 Å². The van der Waals surface area contributed by atoms with Crippen molar-refractivity contribution >= 4 is 11.3 Å². The van der Waals surface area contributed by atoms with Gasteiger partial charge in [-0.25, -0.2) is 4.98 Å². The average Bonchev–Trinajstić information content (AvgIpc) is 2.74. The van der Waals surface area contributed by atoms with Crippen LogP contribution in [-0.4, -0.2) is 59.2 Å². The summed E-state index contributed by atoms with van der Waals surface area (Å²) in [4.78, 5) is 9.02. The predicted octanol–water partition coefficient (Wildman–Crippen LogP) is 0.253. The third-order valence-corrected chi connectivity index (χ3v) is 3.49. The first-order valence-corrected chi connectivity index (χ1v) is 6.20. The van der Waals surface area contributed by atoms with Crippen LogP contribution in [0.25, 0.3) is 0 Å². The van der Waals surface area contributed by atoms with Gasteiger partial charge in [-0.3, -0.25) is 9.80 Å². The van der Waals surface area contributed by atoms with E-state index in [1.165, 1.54) is 5.01 Å². The Hall–Kier alpha value is -0.490. The van der Waals surface area contributed by atoms with Crippen molar-refractivity contribution in [2.45, 2.75) is 6.54 Å². The zero-order valence-corrected chi connectivity index (χ0v) is 9.62. The molecule has 84 valence electrons. The van der Waals surface area contributed by atoms with Gasteiger partial charge in [0.15, 0.2) is 0 Å². The second-order valence-electron chi connectivity index (χ2n) is 3.77. The van der Waals surface area contributed by atoms with Crippen molar-refractivity contribution in [1.29, 1.82) is 0 Å². The first kappa shape index (κ1) is 11.0. The molecule has 0 aliphatic carbocycles. The minimum absolute atomic E-state index is 0.270. The van der Waals surface area contributed by atoms with E-state index in [0.717, 1.165) is 39.3 Å². The number of rotatable bonds is 4. The van der Waals surface area contributed by atoms with Gasteiger partial charge in [0.1, 0.15) is 5.01 Å². The minimum Gasteiger partial charge on any atom is -0.395 e. The first-order valence-electron chi connectivity index (χ1n) is 5.32. The van der Waals surface area contributed by atoms with E-state index >= 15 is 0 Å². The summed E-state index contributed by atoms with van der Waals surface area (Å²) in [5.74, 6) is 0. The number of piperazine rings is 1. The summed E-state index contributed by atoms with van der Waals surface area (Å²) in [6.45, 7) is 6.35. The van der Waals surface area contributed by atoms with Crippen molar-refractivity contribution in [2.75, 3.05) is 39.3 Å². The molecule has 0 saturated carbocycles. The number of β-amino-alcohol motifs (C(OH)–C–C–N with tert-alkyl or cyclic N) is 1. The van der Waals surface area contributed by atoms with Crippen LogP contribution in [0.2, 0.25) is 0 Å². The van der Waals surface area contributed by atoms with Crippen LogP contribution in [0.3, 0.4) is 0 Å². The van der Waals surface area contributed by atoms with Gasteiger partial charge in [0.25, 0.3) is 0 Å². The van der Waals surface area contributed by atoms with E-state index in [1.807, 2.05) is 11.6 Å². The van der Waals surface area contributed by atoms with E-state index in [4.69, 9.17) is 5.11 Å². The van der Waals surface area contributed by atoms with Gasteiger partial charge < -0.3 is 5.11 Å². The zero-order valence-electron chi connectivity index (χ0n) is 8.80. The molecule has 1 aliphatic rings. The molecule has 1 N–H and O–H groups in total. The lowest BCUT2D eigenvalue weighted by atomic mass is 10.3. The second-order valence-corrected chi connectivity index (χ2v) is 4.75. The third-order valence-electron chi connectivity index (χ3n) is 2.72. The fourth-order valence-corrected chi connectivity index (χ4v) is 2.49. The Morgan fingerprint density at radius 2 is 2.00 bits per heavy atom. The van der Waals surface area contributed by atoms with Gasteiger partial charge in [-0.1, -0.05) is 0 Å². The number of hydrogen-bond acceptors (Lipinski definition) is 5. The molecule has 0 aromatic carbocycles. The van der Waals surface area contributed by atoms with E-state index in [9.17, 15) is 0 Å². The molecule has 1 aromatic heterocycles. The number of aromatic nitrogens is 1. The van der Waals surface area contributed by atoms with E-state index < -0.39 is 0 Å². The van der Waals surface area contributed by atoms with Crippen molar-refractivity contribution in [3.8, 4) is 0 Å². The van der Waals surface area contributed by atoms with E-state index in [1.54, 1.807) is 11.3 Å². The summed E-state index contributed by atoms with van der Waals surface area (Å²) in [6.07, 6.45) is 1.86. The lowest BCUT2D eigenvalue weighted by Crippen LogP contribution is -2.46. The summed E-state index contributed by atoms with van der Waals surface area (Å²) in [7, 11) is 0. The molecule has 0 bridgehead atoms. The highest BCUT2D eigenvalue weighted by molar-refractivity contribution is 7.09. The van der Waals surface area contributed by atoms with Gasteiger partial charge in [0.2, 0.25) is 0 Å². The molecule has 1 fully saturated rings. The summed E-state index contributed by atoms with van der Waals surface area (Å²) in [6, 6.07) is 0. The summed E-state index contributed by atoms with van der Waals surface area (Å²) < 4.78 is 0. The highest BCUT2D eigenvalue weighted by Gasteiger charge is 2.16. The molecule has 0 radical (unpaired) electrons. The summed E-state index contributed by atoms with van der Waals surface area (Å²) in [5, 5.41) is 12.1. The molecule has 0 amide bonds. The Morgan fingerprint density at radius 3 is 2.60 bits per heavy atom. The quantitative estimate of drug-likeness (QED) is 0.800. The normalized spacial score (nSPS) is 19.5. The molecular weight excluding hydrogens is 210 g/mol. The molecule has 2 heterocycles. The van der Waals surface area contributed by atoms with Crippen LogP contribution in [0.5, 0.6) is 0 Å². The molecule has 2 rings (SSSR count). The monoisotopic (exact) mass is 227 g/mol. The van der Waals surface area contributed by atoms with Crippen LogP contribution in [0.15, 0.2) is 11.6 Å². The van der Waals surface area contributed by atoms with Gasteiger partial charge in [0, 0.05) is 44.3 Å². The Bertz CT molecular complexity index is 270. The van der Waals surface area contributed by atoms with Crippen molar-refractivity contribution < 1.29 is 5.11 Å². The number of thiazole rings is 1. The predicted molar refractivity (Wildman–Crippen MR) is 60.9 cm³/mol. The molecule has 4 nitrogen and oxygen atoms in total. The van der Waals surface area contributed by atoms with Gasteiger partial charge in [-0.05, 0) is 0 Å². The largest absolute Gasteiger partial charge is 0.395 e. The number of aliphatic hydroxyl groups is 1. The Balaban J connectivity index is 1.74. The zero-order chi connectivity index (χ0) is 10.5. The Labute approximate surface area is 94.2 Å². The van der Waals surface area contributed by atoms with Crippen LogP contribution in [0.4, 0.5) is 0 Å². The average molecular weight is 227 g/mol. The molecule has 0 unspecified atom stereocenters. The van der Waals surface area contributed by atoms with Gasteiger partial charge >= 0.3 is 0 Å². The molecule has 1 aromatic rings. The summed E-state index contributed by atoms with van der Waals surface area (Å²) >= 11 is 1.72. The van der Waals surface area contributed by atoms with Crippen LogP contribution in [0, 0.1) is 0 Å². The highest BCUT2D eigenvalue weighted by atomic mass is 32.1. The molecule has 15 heavy (non-hydrogen) atoms. The lowest BCUT2D eigenvalue weighted by molar-refractivity contribution is 0.108. The molecule has 5 heteroatoms. The lowest BCUT2D eigenvalue weighted by Gasteiger charge is -2.33. The SMILES string of the molecule is OCCN1CCN(Cc2nccs2)CC1. The van der Waals surface area contributed by atoms with Crippen LogP contribution in [0.1, 0.15) is 5.01 Å². The van der Waals surface area contributed by atoms with Crippen molar-refractivity contribution in [3.05, 3.63) is 16.6 Å². The van der Waals surface area contributed by atoms with Crippen molar-refractivity contribution in [1.82, 2.24) is 14.8 Å². The Morgan fingerprint density at radius 1 is 1.27 bits per heavy atom. The summed E-state index contributed by atoms with van der Waals surface area (Å²) in [5.41, 5.74) is 0. The van der Waals surface area contributed by atoms with Gasteiger partial charge in [-0.15, -0.1) is 11.3 Å². The number of nitrogens with zero attached hydrogens (tertiary/aromatic N) is 3. The first-order chi connectivity index (χ1) is 7.38. The maximum Gasteiger partial charge on any atom is 0.107 e. The van der Waals surface area contributed by atoms with E-state index in [-0.39, 0.29) is 6.61 Å². The number of aliphatic hydroxyl groups excluding tert-OH is 1. The van der Waals surface area contributed by atoms with Crippen molar-refractivity contribution in [2.24, 2.45) is 0 Å². The van der Waals surface area contributed by atoms with E-state index in [0.29, 0.717) is 0 Å². The fraction of sp³-hybridized carbons (Fsp3) is 0.700. The smallest absolute Gasteiger partial charge is 0.107 e. The number of hydrogen-bond donors (Lipinski definition) is 1. The van der Waals surface area contributed by atoms with Crippen LogP contribution >= 0.6 is 11.3 Å². The van der Waals surface area contributed by atoms with E-state index in [2.05, 4.69) is 14.8 Å². The van der Waals surface area contributed by atoms with Gasteiger partial charge in [-0.2, -0.15) is 0 Å². The molecular formula is C10H17N3OS. The Kier molecular flexibility index (Phi) is 4.08. The standard InChI is InChI=1S/C10H17N3OS/c14-7-6-12-2-4-13(5-3-12)9-10-11-1-8-15-10/h1,8,14H,2-7,9H2.